The van der Waals surface area contributed by atoms with Crippen LogP contribution < -0.4 is 10.2 Å². The van der Waals surface area contributed by atoms with E-state index < -0.39 is 17.4 Å². The number of ether oxygens (including phenoxy) is 1. The van der Waals surface area contributed by atoms with Crippen molar-refractivity contribution in [3.05, 3.63) is 23.8 Å². The minimum Gasteiger partial charge on any atom is -0.493 e. The smallest absolute Gasteiger partial charge is 0.493 e. The van der Waals surface area contributed by atoms with E-state index in [0.29, 0.717) is 12.5 Å². The largest absolute Gasteiger partial charge is 0.494 e. The average molecular weight is 551 g/mol. The number of rotatable bonds is 11. The van der Waals surface area contributed by atoms with Gasteiger partial charge in [-0.25, -0.2) is 0 Å². The maximum absolute atomic E-state index is 6.57. The predicted octanol–water partition coefficient (Wildman–Crippen LogP) is 6.69. The van der Waals surface area contributed by atoms with Crippen LogP contribution in [0.15, 0.2) is 18.2 Å². The lowest BCUT2D eigenvalue weighted by atomic mass is 9.75. The van der Waals surface area contributed by atoms with Crippen molar-refractivity contribution in [1.29, 1.82) is 0 Å². The molecular weight excluding hydrogens is 495 g/mol. The van der Waals surface area contributed by atoms with Gasteiger partial charge < -0.3 is 22.9 Å². The van der Waals surface area contributed by atoms with Gasteiger partial charge in [0.05, 0.1) is 17.8 Å². The fraction of sp³-hybridized carbons (Fsp3) is 0.793. The first-order valence-electron chi connectivity index (χ1n) is 14.0. The quantitative estimate of drug-likeness (QED) is 0.287. The van der Waals surface area contributed by atoms with Crippen LogP contribution in [0, 0.1) is 5.92 Å². The predicted molar refractivity (Wildman–Crippen MR) is 162 cm³/mol. The third kappa shape index (κ3) is 8.67. The normalized spacial score (nSPS) is 18.9. The van der Waals surface area contributed by atoms with Gasteiger partial charge in [0.25, 0.3) is 0 Å². The van der Waals surface area contributed by atoms with Gasteiger partial charge in [-0.2, -0.15) is 0 Å². The zero-order chi connectivity index (χ0) is 28.4. The lowest BCUT2D eigenvalue weighted by molar-refractivity contribution is 0.00578. The van der Waals surface area contributed by atoms with Gasteiger partial charge in [0, 0.05) is 19.1 Å². The van der Waals surface area contributed by atoms with Crippen LogP contribution in [-0.4, -0.2) is 55.5 Å². The first-order valence-corrected chi connectivity index (χ1v) is 19.7. The lowest BCUT2D eigenvalue weighted by Crippen LogP contribution is -2.42. The fourth-order valence-electron chi connectivity index (χ4n) is 3.81. The molecular formula is C29H55BO5Si2. The average Bonchev–Trinajstić information content (AvgIpc) is 2.95. The van der Waals surface area contributed by atoms with E-state index in [9.17, 15) is 0 Å². The summed E-state index contributed by atoms with van der Waals surface area (Å²) in [6.07, 6.45) is 0.901. The zero-order valence-electron chi connectivity index (χ0n) is 26.3. The van der Waals surface area contributed by atoms with E-state index in [1.807, 2.05) is 0 Å². The van der Waals surface area contributed by atoms with Gasteiger partial charge in [-0.1, -0.05) is 53.7 Å². The van der Waals surface area contributed by atoms with E-state index in [4.69, 9.17) is 22.9 Å². The van der Waals surface area contributed by atoms with Crippen molar-refractivity contribution >= 4 is 29.9 Å². The summed E-state index contributed by atoms with van der Waals surface area (Å²) in [7, 11) is -3.29. The number of hydrogen-bond donors (Lipinski definition) is 0. The van der Waals surface area contributed by atoms with Crippen LogP contribution in [0.5, 0.6) is 5.75 Å². The first kappa shape index (κ1) is 32.6. The van der Waals surface area contributed by atoms with Crippen molar-refractivity contribution < 1.29 is 22.9 Å². The van der Waals surface area contributed by atoms with Crippen LogP contribution in [0.25, 0.3) is 0 Å². The van der Waals surface area contributed by atoms with Gasteiger partial charge in [-0.15, -0.1) is 0 Å². The zero-order valence-corrected chi connectivity index (χ0v) is 28.5. The molecule has 5 nitrogen and oxygen atoms in total. The molecule has 1 aliphatic heterocycles. The molecule has 37 heavy (non-hydrogen) atoms. The molecule has 0 radical (unpaired) electrons. The van der Waals surface area contributed by atoms with Crippen molar-refractivity contribution in [2.75, 3.05) is 19.8 Å². The molecule has 8 heteroatoms. The summed E-state index contributed by atoms with van der Waals surface area (Å²) in [5.74, 6) is 1.25. The molecule has 2 rings (SSSR count). The minimum absolute atomic E-state index is 0.0772. The van der Waals surface area contributed by atoms with Gasteiger partial charge in [0.1, 0.15) is 5.75 Å². The van der Waals surface area contributed by atoms with Gasteiger partial charge in [0.15, 0.2) is 17.4 Å². The Labute approximate surface area is 231 Å². The molecule has 0 N–H and O–H groups in total. The van der Waals surface area contributed by atoms with Gasteiger partial charge in [-0.05, 0) is 87.8 Å². The second-order valence-corrected chi connectivity index (χ2v) is 21.8. The molecule has 212 valence electrons. The van der Waals surface area contributed by atoms with E-state index in [-0.39, 0.29) is 28.8 Å². The summed E-state index contributed by atoms with van der Waals surface area (Å²) < 4.78 is 31.7. The Bertz CT molecular complexity index is 871. The third-order valence-electron chi connectivity index (χ3n) is 8.27. The summed E-state index contributed by atoms with van der Waals surface area (Å²) in [5, 5.41) is 0.197. The Morgan fingerprint density at radius 1 is 0.946 bits per heavy atom. The molecule has 1 unspecified atom stereocenters. The Kier molecular flexibility index (Phi) is 10.4. The SMILES string of the molecule is C[SiH](C)OCC(CCOc1ccc(B2OC(C)(C)C(C)(C)O2)cc1C(C)(C)C)CO[Si](C)(C)C(C)(C)C. The molecule has 1 aromatic carbocycles. The van der Waals surface area contributed by atoms with Crippen LogP contribution in [-0.2, 0) is 23.6 Å². The van der Waals surface area contributed by atoms with Crippen molar-refractivity contribution in [1.82, 2.24) is 0 Å². The summed E-state index contributed by atoms with van der Waals surface area (Å²) in [4.78, 5) is 0. The molecule has 0 saturated carbocycles. The van der Waals surface area contributed by atoms with E-state index in [0.717, 1.165) is 30.8 Å². The molecule has 0 amide bonds. The molecule has 1 aromatic rings. The van der Waals surface area contributed by atoms with E-state index in [1.54, 1.807) is 0 Å². The van der Waals surface area contributed by atoms with E-state index in [1.165, 1.54) is 5.56 Å². The standard InChI is InChI=1S/C29H55BO5Si2/c1-26(2,3)24-19-23(30-34-28(7,8)29(9,10)35-30)15-16-25(24)31-18-17-22(20-32-36(11)12)21-33-37(13,14)27(4,5)6/h15-16,19,22,36H,17-18,20-21H2,1-14H3. The van der Waals surface area contributed by atoms with Crippen molar-refractivity contribution in [2.45, 2.75) is 124 Å². The fourth-order valence-corrected chi connectivity index (χ4v) is 5.55. The third-order valence-corrected chi connectivity index (χ3v) is 13.6. The molecule has 1 heterocycles. The maximum Gasteiger partial charge on any atom is 0.494 e. The molecule has 0 spiro atoms. The van der Waals surface area contributed by atoms with Crippen LogP contribution in [0.4, 0.5) is 0 Å². The Hall–Kier alpha value is -0.641. The van der Waals surface area contributed by atoms with Gasteiger partial charge in [-0.3, -0.25) is 0 Å². The summed E-state index contributed by atoms with van der Waals surface area (Å²) in [6, 6.07) is 6.36. The maximum atomic E-state index is 6.57. The van der Waals surface area contributed by atoms with Gasteiger partial charge >= 0.3 is 7.12 Å². The molecule has 1 aliphatic rings. The van der Waals surface area contributed by atoms with E-state index in [2.05, 4.69) is 114 Å². The van der Waals surface area contributed by atoms with Crippen molar-refractivity contribution in [3.8, 4) is 5.75 Å². The lowest BCUT2D eigenvalue weighted by Gasteiger charge is -2.37. The Balaban J connectivity index is 2.13. The Morgan fingerprint density at radius 2 is 1.51 bits per heavy atom. The monoisotopic (exact) mass is 550 g/mol. The second kappa shape index (κ2) is 11.8. The highest BCUT2D eigenvalue weighted by Crippen LogP contribution is 2.38. The van der Waals surface area contributed by atoms with Crippen molar-refractivity contribution in [2.24, 2.45) is 5.92 Å². The van der Waals surface area contributed by atoms with Crippen LogP contribution in [0.1, 0.15) is 81.2 Å². The van der Waals surface area contributed by atoms with Crippen molar-refractivity contribution in [3.63, 3.8) is 0 Å². The highest BCUT2D eigenvalue weighted by molar-refractivity contribution is 6.74. The topological polar surface area (TPSA) is 46.2 Å². The summed E-state index contributed by atoms with van der Waals surface area (Å²) in [6.45, 7) is 33.1. The number of hydrogen-bond acceptors (Lipinski definition) is 5. The minimum atomic E-state index is -1.81. The molecule has 1 fully saturated rings. The highest BCUT2D eigenvalue weighted by Gasteiger charge is 2.51. The van der Waals surface area contributed by atoms with E-state index >= 15 is 0 Å². The van der Waals surface area contributed by atoms with Crippen LogP contribution in [0.3, 0.4) is 0 Å². The van der Waals surface area contributed by atoms with Crippen LogP contribution >= 0.6 is 0 Å². The number of benzene rings is 1. The summed E-state index contributed by atoms with van der Waals surface area (Å²) in [5.41, 5.74) is 1.40. The molecule has 0 aromatic heterocycles. The molecule has 0 aliphatic carbocycles. The Morgan fingerprint density at radius 3 is 2.00 bits per heavy atom. The van der Waals surface area contributed by atoms with Gasteiger partial charge in [0.2, 0.25) is 0 Å². The summed E-state index contributed by atoms with van der Waals surface area (Å²) >= 11 is 0. The molecule has 0 bridgehead atoms. The second-order valence-electron chi connectivity index (χ2n) is 14.6. The van der Waals surface area contributed by atoms with Crippen LogP contribution in [0.2, 0.25) is 31.2 Å². The molecule has 1 atom stereocenters. The molecule has 1 saturated heterocycles. The highest BCUT2D eigenvalue weighted by atomic mass is 28.4. The first-order chi connectivity index (χ1) is 16.7.